The van der Waals surface area contributed by atoms with Crippen LogP contribution >= 0.6 is 11.3 Å². The number of benzene rings is 2. The number of phenols is 1. The van der Waals surface area contributed by atoms with E-state index in [9.17, 15) is 9.90 Å². The molecule has 4 rings (SSSR count). The lowest BCUT2D eigenvalue weighted by atomic mass is 10.0. The molecule has 1 aliphatic rings. The van der Waals surface area contributed by atoms with Gasteiger partial charge in [0.25, 0.3) is 0 Å². The van der Waals surface area contributed by atoms with Crippen molar-refractivity contribution in [3.8, 4) is 17.2 Å². The van der Waals surface area contributed by atoms with Gasteiger partial charge in [0.1, 0.15) is 11.5 Å². The third kappa shape index (κ3) is 5.30. The van der Waals surface area contributed by atoms with Gasteiger partial charge >= 0.3 is 5.97 Å². The summed E-state index contributed by atoms with van der Waals surface area (Å²) < 4.78 is 7.35. The lowest BCUT2D eigenvalue weighted by Gasteiger charge is -2.31. The van der Waals surface area contributed by atoms with E-state index >= 15 is 0 Å². The number of ether oxygens (including phenoxy) is 1. The molecular weight excluding hydrogens is 446 g/mol. The van der Waals surface area contributed by atoms with Crippen LogP contribution in [-0.2, 0) is 4.79 Å². The Morgan fingerprint density at radius 3 is 2.56 bits per heavy atom. The first-order valence-electron chi connectivity index (χ1n) is 11.1. The lowest BCUT2D eigenvalue weighted by Crippen LogP contribution is -2.38. The molecule has 1 saturated heterocycles. The predicted octanol–water partition coefficient (Wildman–Crippen LogP) is 6.72. The first-order chi connectivity index (χ1) is 16.5. The van der Waals surface area contributed by atoms with Gasteiger partial charge in [-0.1, -0.05) is 36.9 Å². The maximum atomic E-state index is 10.8. The van der Waals surface area contributed by atoms with E-state index < -0.39 is 5.97 Å². The molecular formula is C28H27NO4S. The van der Waals surface area contributed by atoms with Crippen LogP contribution in [0, 0.1) is 0 Å². The molecule has 2 heterocycles. The third-order valence-electron chi connectivity index (χ3n) is 5.66. The number of carboxylic acids is 1. The van der Waals surface area contributed by atoms with Gasteiger partial charge in [0.2, 0.25) is 0 Å². The number of thiophene rings is 1. The number of aliphatic carboxylic acids is 1. The fourth-order valence-electron chi connectivity index (χ4n) is 3.81. The zero-order valence-corrected chi connectivity index (χ0v) is 19.8. The van der Waals surface area contributed by atoms with Gasteiger partial charge in [0, 0.05) is 22.7 Å². The van der Waals surface area contributed by atoms with Gasteiger partial charge in [-0.05, 0) is 79.6 Å². The Kier molecular flexibility index (Phi) is 7.30. The first-order valence-corrected chi connectivity index (χ1v) is 12.0. The van der Waals surface area contributed by atoms with Crippen molar-refractivity contribution in [1.29, 1.82) is 0 Å². The molecule has 0 aliphatic carbocycles. The normalized spacial score (nSPS) is 15.0. The highest BCUT2D eigenvalue weighted by Gasteiger charge is 2.21. The average molecular weight is 474 g/mol. The van der Waals surface area contributed by atoms with E-state index in [4.69, 9.17) is 9.84 Å². The fraction of sp³-hybridized carbons (Fsp3) is 0.179. The van der Waals surface area contributed by atoms with Gasteiger partial charge in [0.05, 0.1) is 4.88 Å². The smallest absolute Gasteiger partial charge is 0.328 e. The Morgan fingerprint density at radius 1 is 1.18 bits per heavy atom. The van der Waals surface area contributed by atoms with E-state index in [1.54, 1.807) is 29.5 Å². The number of allylic oxidation sites excluding steroid dienone is 3. The minimum atomic E-state index is -0.988. The molecule has 1 aliphatic heterocycles. The van der Waals surface area contributed by atoms with Crippen LogP contribution in [0.5, 0.6) is 17.2 Å². The van der Waals surface area contributed by atoms with Crippen molar-refractivity contribution in [2.75, 3.05) is 19.6 Å². The minimum absolute atomic E-state index is 0.211. The van der Waals surface area contributed by atoms with Crippen molar-refractivity contribution >= 4 is 39.0 Å². The summed E-state index contributed by atoms with van der Waals surface area (Å²) in [6, 6.07) is 12.6. The number of nitrogens with zero attached hydrogens (tertiary/aromatic N) is 1. The molecule has 174 valence electrons. The summed E-state index contributed by atoms with van der Waals surface area (Å²) in [6.45, 7) is 9.08. The van der Waals surface area contributed by atoms with Gasteiger partial charge < -0.3 is 14.9 Å². The Hall–Kier alpha value is -3.61. The van der Waals surface area contributed by atoms with Gasteiger partial charge in [-0.15, -0.1) is 11.3 Å². The molecule has 34 heavy (non-hydrogen) atoms. The number of carboxylic acid groups (broad SMARTS) is 1. The molecule has 5 nitrogen and oxygen atoms in total. The number of hydrogen-bond donors (Lipinski definition) is 2. The number of fused-ring (bicyclic) bond motifs is 1. The van der Waals surface area contributed by atoms with Crippen molar-refractivity contribution in [3.05, 3.63) is 89.4 Å². The summed E-state index contributed by atoms with van der Waals surface area (Å²) in [5.74, 6) is 0.592. The lowest BCUT2D eigenvalue weighted by molar-refractivity contribution is -0.131. The van der Waals surface area contributed by atoms with E-state index in [-0.39, 0.29) is 5.75 Å². The molecule has 1 aromatic heterocycles. The van der Waals surface area contributed by atoms with Crippen LogP contribution in [0.3, 0.4) is 0 Å². The molecule has 2 aromatic carbocycles. The van der Waals surface area contributed by atoms with E-state index in [1.165, 1.54) is 6.42 Å². The predicted molar refractivity (Wildman–Crippen MR) is 140 cm³/mol. The maximum Gasteiger partial charge on any atom is 0.328 e. The Balaban J connectivity index is 1.79. The summed E-state index contributed by atoms with van der Waals surface area (Å²) in [4.78, 5) is 14.1. The van der Waals surface area contributed by atoms with Crippen LogP contribution in [0.25, 0.3) is 21.7 Å². The molecule has 6 heteroatoms. The Morgan fingerprint density at radius 2 is 1.94 bits per heavy atom. The molecule has 2 N–H and O–H groups in total. The van der Waals surface area contributed by atoms with Gasteiger partial charge in [-0.3, -0.25) is 4.90 Å². The highest BCUT2D eigenvalue weighted by molar-refractivity contribution is 7.20. The summed E-state index contributed by atoms with van der Waals surface area (Å²) in [5, 5.41) is 19.8. The molecule has 0 radical (unpaired) electrons. The molecule has 0 bridgehead atoms. The van der Waals surface area contributed by atoms with Gasteiger partial charge in [0.15, 0.2) is 5.75 Å². The maximum absolute atomic E-state index is 10.8. The van der Waals surface area contributed by atoms with Crippen molar-refractivity contribution in [1.82, 2.24) is 4.90 Å². The van der Waals surface area contributed by atoms with Gasteiger partial charge in [-0.2, -0.15) is 0 Å². The number of aromatic hydroxyl groups is 1. The first kappa shape index (κ1) is 23.5. The number of rotatable bonds is 9. The fourth-order valence-corrected chi connectivity index (χ4v) is 5.03. The van der Waals surface area contributed by atoms with Crippen molar-refractivity contribution in [2.24, 2.45) is 0 Å². The summed E-state index contributed by atoms with van der Waals surface area (Å²) in [6.07, 6.45) is 9.90. The highest BCUT2D eigenvalue weighted by atomic mass is 32.1. The second-order valence-corrected chi connectivity index (χ2v) is 9.11. The second kappa shape index (κ2) is 10.5. The zero-order valence-electron chi connectivity index (χ0n) is 19.0. The number of likely N-dealkylation sites (tertiary alicyclic amines) is 1. The van der Waals surface area contributed by atoms with Crippen LogP contribution in [0.1, 0.15) is 23.8 Å². The van der Waals surface area contributed by atoms with Crippen molar-refractivity contribution in [3.63, 3.8) is 0 Å². The van der Waals surface area contributed by atoms with Crippen LogP contribution in [0.2, 0.25) is 0 Å². The molecule has 3 aromatic rings. The second-order valence-electron chi connectivity index (χ2n) is 8.06. The summed E-state index contributed by atoms with van der Waals surface area (Å²) in [7, 11) is 0. The average Bonchev–Trinajstić information content (AvgIpc) is 3.13. The molecule has 0 amide bonds. The Labute approximate surface area is 203 Å². The van der Waals surface area contributed by atoms with Gasteiger partial charge in [-0.25, -0.2) is 4.79 Å². The van der Waals surface area contributed by atoms with Crippen LogP contribution in [0.15, 0.2) is 78.9 Å². The minimum Gasteiger partial charge on any atom is -0.508 e. The van der Waals surface area contributed by atoms with E-state index in [0.717, 1.165) is 63.1 Å². The topological polar surface area (TPSA) is 70.0 Å². The highest BCUT2D eigenvalue weighted by Crippen LogP contribution is 2.46. The quantitative estimate of drug-likeness (QED) is 0.267. The monoisotopic (exact) mass is 473 g/mol. The standard InChI is InChI=1S/C28H27NO4S/c1-3-6-23(20(4-2)18-29-15-5-16-29)28-27(24-13-10-21(30)17-25(24)34-28)33-22-11-7-19(8-12-22)9-14-26(31)32/h3-4,6-14,17,30H,2,5,15-16,18H2,1H3,(H,31,32)/b6-3-,14-9+,23-20-. The third-order valence-corrected chi connectivity index (χ3v) is 6.83. The van der Waals surface area contributed by atoms with E-state index in [1.807, 2.05) is 49.4 Å². The molecule has 1 fully saturated rings. The zero-order chi connectivity index (χ0) is 24.1. The van der Waals surface area contributed by atoms with Crippen LogP contribution in [-0.4, -0.2) is 40.7 Å². The largest absolute Gasteiger partial charge is 0.508 e. The van der Waals surface area contributed by atoms with E-state index in [0.29, 0.717) is 5.75 Å². The number of carbonyl (C=O) groups is 1. The molecule has 0 atom stereocenters. The SMILES string of the molecule is C=C/C(CN1CCC1)=C(\C=C/C)c1sc2cc(O)ccc2c1Oc1ccc(/C=C/C(=O)O)cc1. The number of hydrogen-bond acceptors (Lipinski definition) is 5. The molecule has 0 unspecified atom stereocenters. The van der Waals surface area contributed by atoms with E-state index in [2.05, 4.69) is 17.6 Å². The van der Waals surface area contributed by atoms with Crippen molar-refractivity contribution in [2.45, 2.75) is 13.3 Å². The molecule has 0 saturated carbocycles. The van der Waals surface area contributed by atoms with Crippen LogP contribution < -0.4 is 4.74 Å². The summed E-state index contributed by atoms with van der Waals surface area (Å²) >= 11 is 1.58. The summed E-state index contributed by atoms with van der Waals surface area (Å²) in [5.41, 5.74) is 2.96. The Bertz CT molecular complexity index is 1290. The molecule has 0 spiro atoms. The van der Waals surface area contributed by atoms with Crippen molar-refractivity contribution < 1.29 is 19.7 Å². The number of phenolic OH excluding ortho intramolecular Hbond substituents is 1. The van der Waals surface area contributed by atoms with Crippen LogP contribution in [0.4, 0.5) is 0 Å².